The molecule has 0 saturated carbocycles. The minimum absolute atomic E-state index is 0.269. The van der Waals surface area contributed by atoms with Gasteiger partial charge in [-0.1, -0.05) is 48.4 Å². The van der Waals surface area contributed by atoms with E-state index in [0.29, 0.717) is 0 Å². The van der Waals surface area contributed by atoms with Crippen molar-refractivity contribution in [2.75, 3.05) is 5.32 Å². The summed E-state index contributed by atoms with van der Waals surface area (Å²) in [6, 6.07) is 8.21. The van der Waals surface area contributed by atoms with Crippen molar-refractivity contribution in [3.63, 3.8) is 0 Å². The van der Waals surface area contributed by atoms with Crippen molar-refractivity contribution in [3.8, 4) is 0 Å². The summed E-state index contributed by atoms with van der Waals surface area (Å²) in [4.78, 5) is 0. The average Bonchev–Trinajstić information content (AvgIpc) is 2.82. The Morgan fingerprint density at radius 1 is 1.35 bits per heavy atom. The van der Waals surface area contributed by atoms with Crippen molar-refractivity contribution < 1.29 is 0 Å². The molecule has 0 aliphatic carbocycles. The smallest absolute Gasteiger partial charge is 0.205 e. The molecule has 0 fully saturated rings. The summed E-state index contributed by atoms with van der Waals surface area (Å²) >= 11 is 7.41. The average molecular weight is 268 g/mol. The second kappa shape index (κ2) is 5.98. The lowest BCUT2D eigenvalue weighted by Gasteiger charge is -2.17. The van der Waals surface area contributed by atoms with Gasteiger partial charge in [-0.2, -0.15) is 0 Å². The summed E-state index contributed by atoms with van der Waals surface area (Å²) in [6.45, 7) is 2.17. The zero-order valence-electron chi connectivity index (χ0n) is 9.56. The zero-order chi connectivity index (χ0) is 12.1. The van der Waals surface area contributed by atoms with E-state index in [4.69, 9.17) is 11.6 Å². The molecule has 0 spiro atoms. The van der Waals surface area contributed by atoms with E-state index in [1.54, 1.807) is 5.51 Å². The van der Waals surface area contributed by atoms with Crippen LogP contribution < -0.4 is 5.32 Å². The van der Waals surface area contributed by atoms with Crippen LogP contribution in [0.25, 0.3) is 0 Å². The third-order valence-corrected chi connectivity index (χ3v) is 3.38. The first-order valence-corrected chi connectivity index (χ1v) is 6.83. The minimum Gasteiger partial charge on any atom is -0.353 e. The predicted molar refractivity (Wildman–Crippen MR) is 72.6 cm³/mol. The van der Waals surface area contributed by atoms with E-state index in [9.17, 15) is 0 Å². The molecule has 0 bridgehead atoms. The first-order chi connectivity index (χ1) is 8.29. The molecule has 3 nitrogen and oxygen atoms in total. The number of benzene rings is 1. The number of anilines is 1. The van der Waals surface area contributed by atoms with Gasteiger partial charge in [-0.15, -0.1) is 10.2 Å². The Morgan fingerprint density at radius 3 is 2.71 bits per heavy atom. The second-order valence-electron chi connectivity index (χ2n) is 3.78. The highest BCUT2D eigenvalue weighted by atomic mass is 35.5. The molecule has 1 unspecified atom stereocenters. The van der Waals surface area contributed by atoms with Gasteiger partial charge in [0.2, 0.25) is 5.13 Å². The molecule has 0 aliphatic rings. The first kappa shape index (κ1) is 12.3. The monoisotopic (exact) mass is 267 g/mol. The molecular weight excluding hydrogens is 254 g/mol. The maximum Gasteiger partial charge on any atom is 0.205 e. The Morgan fingerprint density at radius 2 is 2.12 bits per heavy atom. The maximum atomic E-state index is 5.90. The van der Waals surface area contributed by atoms with Gasteiger partial charge < -0.3 is 5.32 Å². The second-order valence-corrected chi connectivity index (χ2v) is 5.05. The van der Waals surface area contributed by atoms with Crippen LogP contribution in [0.5, 0.6) is 0 Å². The highest BCUT2D eigenvalue weighted by Gasteiger charge is 2.11. The maximum absolute atomic E-state index is 5.90. The lowest BCUT2D eigenvalue weighted by atomic mass is 10.0. The van der Waals surface area contributed by atoms with Crippen LogP contribution >= 0.6 is 22.9 Å². The van der Waals surface area contributed by atoms with Gasteiger partial charge in [0.1, 0.15) is 5.51 Å². The normalized spacial score (nSPS) is 12.4. The van der Waals surface area contributed by atoms with E-state index in [1.807, 2.05) is 12.1 Å². The van der Waals surface area contributed by atoms with Crippen LogP contribution in [0, 0.1) is 0 Å². The van der Waals surface area contributed by atoms with Crippen LogP contribution in [0.3, 0.4) is 0 Å². The standard InChI is InChI=1S/C12H14ClN3S/c1-2-3-11(15-12-16-14-8-17-12)9-4-6-10(13)7-5-9/h4-8,11H,2-3H2,1H3,(H,15,16). The quantitative estimate of drug-likeness (QED) is 0.885. The van der Waals surface area contributed by atoms with Crippen molar-refractivity contribution in [2.24, 2.45) is 0 Å². The molecule has 1 atom stereocenters. The third-order valence-electron chi connectivity index (χ3n) is 2.51. The van der Waals surface area contributed by atoms with Gasteiger partial charge in [-0.3, -0.25) is 0 Å². The van der Waals surface area contributed by atoms with Crippen LogP contribution in [-0.4, -0.2) is 10.2 Å². The van der Waals surface area contributed by atoms with Gasteiger partial charge in [0.25, 0.3) is 0 Å². The Labute approximate surface area is 110 Å². The number of nitrogens with zero attached hydrogens (tertiary/aromatic N) is 2. The van der Waals surface area contributed by atoms with E-state index < -0.39 is 0 Å². The highest BCUT2D eigenvalue weighted by molar-refractivity contribution is 7.13. The summed E-state index contributed by atoms with van der Waals surface area (Å²) in [7, 11) is 0. The fraction of sp³-hybridized carbons (Fsp3) is 0.333. The number of nitrogens with one attached hydrogen (secondary N) is 1. The highest BCUT2D eigenvalue weighted by Crippen LogP contribution is 2.25. The predicted octanol–water partition coefficient (Wildman–Crippen LogP) is 4.14. The molecular formula is C12H14ClN3S. The Hall–Kier alpha value is -1.13. The number of hydrogen-bond donors (Lipinski definition) is 1. The van der Waals surface area contributed by atoms with Crippen molar-refractivity contribution in [2.45, 2.75) is 25.8 Å². The largest absolute Gasteiger partial charge is 0.353 e. The molecule has 5 heteroatoms. The molecule has 90 valence electrons. The van der Waals surface area contributed by atoms with Crippen molar-refractivity contribution >= 4 is 28.1 Å². The van der Waals surface area contributed by atoms with E-state index in [2.05, 4.69) is 34.6 Å². The van der Waals surface area contributed by atoms with Gasteiger partial charge in [-0.25, -0.2) is 0 Å². The summed E-state index contributed by atoms with van der Waals surface area (Å²) in [5.41, 5.74) is 2.96. The molecule has 0 radical (unpaired) electrons. The molecule has 1 N–H and O–H groups in total. The van der Waals surface area contributed by atoms with Crippen LogP contribution in [0.4, 0.5) is 5.13 Å². The van der Waals surface area contributed by atoms with E-state index in [-0.39, 0.29) is 6.04 Å². The minimum atomic E-state index is 0.269. The fourth-order valence-electron chi connectivity index (χ4n) is 1.69. The van der Waals surface area contributed by atoms with Crippen molar-refractivity contribution in [1.82, 2.24) is 10.2 Å². The first-order valence-electron chi connectivity index (χ1n) is 5.57. The zero-order valence-corrected chi connectivity index (χ0v) is 11.1. The number of rotatable bonds is 5. The molecule has 2 aromatic rings. The third kappa shape index (κ3) is 3.41. The van der Waals surface area contributed by atoms with Crippen molar-refractivity contribution in [1.29, 1.82) is 0 Å². The van der Waals surface area contributed by atoms with Gasteiger partial charge in [0.05, 0.1) is 6.04 Å². The van der Waals surface area contributed by atoms with Crippen LogP contribution in [0.2, 0.25) is 5.02 Å². The number of aromatic nitrogens is 2. The van der Waals surface area contributed by atoms with E-state index >= 15 is 0 Å². The Balaban J connectivity index is 2.13. The number of hydrogen-bond acceptors (Lipinski definition) is 4. The molecule has 0 saturated heterocycles. The Bertz CT molecular complexity index is 441. The molecule has 2 rings (SSSR count). The lowest BCUT2D eigenvalue weighted by molar-refractivity contribution is 0.676. The summed E-state index contributed by atoms with van der Waals surface area (Å²) in [6.07, 6.45) is 2.17. The van der Waals surface area contributed by atoms with Crippen molar-refractivity contribution in [3.05, 3.63) is 40.4 Å². The van der Waals surface area contributed by atoms with E-state index in [0.717, 1.165) is 23.0 Å². The van der Waals surface area contributed by atoms with Gasteiger partial charge in [0.15, 0.2) is 0 Å². The van der Waals surface area contributed by atoms with Gasteiger partial charge in [-0.05, 0) is 24.1 Å². The molecule has 0 amide bonds. The fourth-order valence-corrected chi connectivity index (χ4v) is 2.32. The summed E-state index contributed by atoms with van der Waals surface area (Å²) in [5, 5.41) is 12.9. The van der Waals surface area contributed by atoms with Crippen LogP contribution in [-0.2, 0) is 0 Å². The lowest BCUT2D eigenvalue weighted by Crippen LogP contribution is -2.10. The summed E-state index contributed by atoms with van der Waals surface area (Å²) in [5.74, 6) is 0. The van der Waals surface area contributed by atoms with Crippen LogP contribution in [0.1, 0.15) is 31.4 Å². The molecule has 1 aromatic carbocycles. The van der Waals surface area contributed by atoms with Gasteiger partial charge >= 0.3 is 0 Å². The number of halogens is 1. The molecule has 1 aromatic heterocycles. The molecule has 17 heavy (non-hydrogen) atoms. The SMILES string of the molecule is CCCC(Nc1nncs1)c1ccc(Cl)cc1. The molecule has 0 aliphatic heterocycles. The Kier molecular flexibility index (Phi) is 4.34. The molecule has 1 heterocycles. The topological polar surface area (TPSA) is 37.8 Å². The summed E-state index contributed by atoms with van der Waals surface area (Å²) < 4.78 is 0. The van der Waals surface area contributed by atoms with Crippen LogP contribution in [0.15, 0.2) is 29.8 Å². The van der Waals surface area contributed by atoms with Gasteiger partial charge in [0, 0.05) is 5.02 Å². The van der Waals surface area contributed by atoms with E-state index in [1.165, 1.54) is 16.9 Å².